The summed E-state index contributed by atoms with van der Waals surface area (Å²) in [5.74, 6) is 0.643. The van der Waals surface area contributed by atoms with Crippen LogP contribution < -0.4 is 21.7 Å². The number of halogens is 4. The van der Waals surface area contributed by atoms with Gasteiger partial charge in [-0.1, -0.05) is 29.8 Å². The first-order valence-electron chi connectivity index (χ1n) is 16.2. The molecule has 0 saturated carbocycles. The number of nitrogen functional groups attached to an aromatic ring is 1. The van der Waals surface area contributed by atoms with Crippen molar-refractivity contribution in [2.75, 3.05) is 50.3 Å². The highest BCUT2D eigenvalue weighted by atomic mass is 35.5. The van der Waals surface area contributed by atoms with E-state index in [1.807, 2.05) is 24.3 Å². The summed E-state index contributed by atoms with van der Waals surface area (Å²) in [5.41, 5.74) is 4.99. The number of alkyl halides is 3. The first kappa shape index (κ1) is 33.2. The normalized spacial score (nSPS) is 21.1. The maximum absolute atomic E-state index is 13.9. The molecule has 4 aliphatic rings. The van der Waals surface area contributed by atoms with Crippen LogP contribution in [0.1, 0.15) is 55.2 Å². The third-order valence-corrected chi connectivity index (χ3v) is 10.6. The molecule has 0 radical (unpaired) electrons. The molecule has 254 valence electrons. The number of piperidine rings is 3. The van der Waals surface area contributed by atoms with Crippen molar-refractivity contribution in [2.24, 2.45) is 11.8 Å². The number of ether oxygens (including phenoxy) is 1. The van der Waals surface area contributed by atoms with Crippen LogP contribution in [0, 0.1) is 11.8 Å². The minimum atomic E-state index is -4.76. The Kier molecular flexibility index (Phi) is 9.48. The number of nitrogens with zero attached hydrogens (tertiary/aromatic N) is 2. The summed E-state index contributed by atoms with van der Waals surface area (Å²) in [6, 6.07) is 9.31. The van der Waals surface area contributed by atoms with Crippen LogP contribution in [0.15, 0.2) is 36.4 Å². The Morgan fingerprint density at radius 1 is 1.00 bits per heavy atom. The molecule has 5 N–H and O–H groups in total. The summed E-state index contributed by atoms with van der Waals surface area (Å²) < 4.78 is 47.1. The van der Waals surface area contributed by atoms with E-state index < -0.39 is 41.1 Å². The maximum Gasteiger partial charge on any atom is 0.418 e. The van der Waals surface area contributed by atoms with Gasteiger partial charge in [0, 0.05) is 43.9 Å². The molecule has 14 heteroatoms. The van der Waals surface area contributed by atoms with Gasteiger partial charge in [0.25, 0.3) is 5.91 Å². The largest absolute Gasteiger partial charge is 0.436 e. The Labute approximate surface area is 276 Å². The Bertz CT molecular complexity index is 1500. The molecule has 3 fully saturated rings. The van der Waals surface area contributed by atoms with Gasteiger partial charge in [-0.15, -0.1) is 0 Å². The Morgan fingerprint density at radius 3 is 2.34 bits per heavy atom. The lowest BCUT2D eigenvalue weighted by Crippen LogP contribution is -2.58. The summed E-state index contributed by atoms with van der Waals surface area (Å²) in [6.45, 7) is 3.41. The Hall–Kier alpha value is -3.71. The maximum atomic E-state index is 13.9. The van der Waals surface area contributed by atoms with Crippen LogP contribution in [0.25, 0.3) is 0 Å². The summed E-state index contributed by atoms with van der Waals surface area (Å²) >= 11 is 6.10. The second kappa shape index (κ2) is 13.4. The van der Waals surface area contributed by atoms with Gasteiger partial charge in [0.2, 0.25) is 0 Å². The van der Waals surface area contributed by atoms with E-state index in [0.717, 1.165) is 50.4 Å². The van der Waals surface area contributed by atoms with Gasteiger partial charge in [0.15, 0.2) is 6.10 Å². The minimum absolute atomic E-state index is 0.0823. The molecular weight excluding hydrogens is 637 g/mol. The minimum Gasteiger partial charge on any atom is -0.436 e. The fourth-order valence-corrected chi connectivity index (χ4v) is 7.88. The van der Waals surface area contributed by atoms with E-state index in [1.54, 1.807) is 4.90 Å². The van der Waals surface area contributed by atoms with E-state index in [-0.39, 0.29) is 36.1 Å². The van der Waals surface area contributed by atoms with Gasteiger partial charge in [-0.3, -0.25) is 4.79 Å². The van der Waals surface area contributed by atoms with Crippen molar-refractivity contribution in [1.82, 2.24) is 20.4 Å². The van der Waals surface area contributed by atoms with E-state index >= 15 is 0 Å². The lowest BCUT2D eigenvalue weighted by Gasteiger charge is -2.45. The predicted molar refractivity (Wildman–Crippen MR) is 171 cm³/mol. The molecule has 1 spiro atoms. The molecule has 47 heavy (non-hydrogen) atoms. The van der Waals surface area contributed by atoms with E-state index in [2.05, 4.69) is 16.0 Å². The van der Waals surface area contributed by atoms with Crippen molar-refractivity contribution in [3.63, 3.8) is 0 Å². The smallest absolute Gasteiger partial charge is 0.418 e. The monoisotopic (exact) mass is 676 g/mol. The standard InChI is InChI=1S/C33H40ClF3N6O4/c34-25-18-20(17-24(28(25)38)33(35,36)37)19-27(29(44)42-13-7-22(8-14-42)21-5-11-39-12-6-21)47-31(46)43-15-9-32(10-16-43)23-3-1-2-4-26(23)40-30(45)41-32/h1-4,17-18,21-22,27,39H,5-16,19,38H2,(H2,40,41,45)/t27-/m1/s1. The molecule has 4 heterocycles. The van der Waals surface area contributed by atoms with Gasteiger partial charge in [0.05, 0.1) is 21.8 Å². The summed E-state index contributed by atoms with van der Waals surface area (Å²) in [6.07, 6.45) is -2.50. The van der Waals surface area contributed by atoms with E-state index in [0.29, 0.717) is 43.5 Å². The SMILES string of the molecule is Nc1c(Cl)cc(C[C@@H](OC(=O)N2CCC3(CC2)NC(=O)Nc2ccccc23)C(=O)N2CCC(C3CCNCC3)CC2)cc1C(F)(F)F. The molecule has 4 aliphatic heterocycles. The number of urea groups is 1. The van der Waals surface area contributed by atoms with Gasteiger partial charge in [0.1, 0.15) is 0 Å². The Balaban J connectivity index is 1.18. The quantitative estimate of drug-likeness (QED) is 0.316. The van der Waals surface area contributed by atoms with Gasteiger partial charge >= 0.3 is 18.3 Å². The van der Waals surface area contributed by atoms with Crippen LogP contribution in [0.3, 0.4) is 0 Å². The topological polar surface area (TPSA) is 129 Å². The number of amides is 4. The average molecular weight is 677 g/mol. The van der Waals surface area contributed by atoms with Crippen molar-refractivity contribution < 1.29 is 32.3 Å². The third kappa shape index (κ3) is 7.11. The fraction of sp³-hybridized carbons (Fsp3) is 0.545. The van der Waals surface area contributed by atoms with Gasteiger partial charge in [-0.05, 0) is 87.2 Å². The van der Waals surface area contributed by atoms with Gasteiger partial charge < -0.3 is 36.2 Å². The predicted octanol–water partition coefficient (Wildman–Crippen LogP) is 5.35. The molecule has 1 atom stereocenters. The number of para-hydroxylation sites is 1. The lowest BCUT2D eigenvalue weighted by molar-refractivity contribution is -0.142. The molecule has 10 nitrogen and oxygen atoms in total. The molecule has 2 aromatic carbocycles. The molecule has 0 bridgehead atoms. The van der Waals surface area contributed by atoms with E-state index in [4.69, 9.17) is 22.1 Å². The average Bonchev–Trinajstić information content (AvgIpc) is 3.06. The number of likely N-dealkylation sites (tertiary alicyclic amines) is 2. The van der Waals surface area contributed by atoms with E-state index in [9.17, 15) is 27.6 Å². The van der Waals surface area contributed by atoms with Crippen LogP contribution in [-0.2, 0) is 27.7 Å². The van der Waals surface area contributed by atoms with Crippen LogP contribution in [0.2, 0.25) is 5.02 Å². The number of carbonyl (C=O) groups is 3. The van der Waals surface area contributed by atoms with Gasteiger partial charge in [-0.25, -0.2) is 9.59 Å². The number of hydrogen-bond donors (Lipinski definition) is 4. The molecular formula is C33H40ClF3N6O4. The third-order valence-electron chi connectivity index (χ3n) is 10.3. The Morgan fingerprint density at radius 2 is 1.66 bits per heavy atom. The van der Waals surface area contributed by atoms with Crippen molar-refractivity contribution in [1.29, 1.82) is 0 Å². The fourth-order valence-electron chi connectivity index (χ4n) is 7.64. The van der Waals surface area contributed by atoms with Crippen molar-refractivity contribution in [3.8, 4) is 0 Å². The number of nitrogens with one attached hydrogen (secondary N) is 3. The summed E-state index contributed by atoms with van der Waals surface area (Å²) in [4.78, 5) is 43.1. The second-order valence-corrected chi connectivity index (χ2v) is 13.5. The summed E-state index contributed by atoms with van der Waals surface area (Å²) in [5, 5.41) is 8.93. The molecule has 6 rings (SSSR count). The summed E-state index contributed by atoms with van der Waals surface area (Å²) in [7, 11) is 0. The first-order chi connectivity index (χ1) is 22.4. The van der Waals surface area contributed by atoms with Crippen LogP contribution in [0.5, 0.6) is 0 Å². The number of rotatable bonds is 5. The number of anilines is 2. The lowest BCUT2D eigenvalue weighted by atomic mass is 9.79. The molecule has 0 unspecified atom stereocenters. The molecule has 0 aliphatic carbocycles. The molecule has 0 aromatic heterocycles. The highest BCUT2D eigenvalue weighted by Crippen LogP contribution is 2.41. The first-order valence-corrected chi connectivity index (χ1v) is 16.6. The van der Waals surface area contributed by atoms with Crippen LogP contribution >= 0.6 is 11.6 Å². The van der Waals surface area contributed by atoms with E-state index in [1.165, 1.54) is 11.0 Å². The van der Waals surface area contributed by atoms with Gasteiger partial charge in [-0.2, -0.15) is 13.2 Å². The van der Waals surface area contributed by atoms with Crippen molar-refractivity contribution in [2.45, 2.75) is 62.8 Å². The number of hydrogen-bond acceptors (Lipinski definition) is 6. The van der Waals surface area contributed by atoms with Crippen LogP contribution in [-0.4, -0.2) is 73.2 Å². The highest BCUT2D eigenvalue weighted by Gasteiger charge is 2.44. The number of carbonyl (C=O) groups excluding carboxylic acids is 3. The van der Waals surface area contributed by atoms with Crippen molar-refractivity contribution >= 4 is 41.0 Å². The molecule has 4 amide bonds. The van der Waals surface area contributed by atoms with Crippen LogP contribution in [0.4, 0.5) is 34.1 Å². The van der Waals surface area contributed by atoms with Crippen molar-refractivity contribution in [3.05, 3.63) is 58.1 Å². The molecule has 2 aromatic rings. The number of nitrogens with two attached hydrogens (primary N) is 1. The molecule has 3 saturated heterocycles. The zero-order chi connectivity index (χ0) is 33.3. The zero-order valence-electron chi connectivity index (χ0n) is 26.0. The highest BCUT2D eigenvalue weighted by molar-refractivity contribution is 6.33. The number of fused-ring (bicyclic) bond motifs is 2. The second-order valence-electron chi connectivity index (χ2n) is 13.1. The zero-order valence-corrected chi connectivity index (χ0v) is 26.8. The number of benzene rings is 2.